The van der Waals surface area contributed by atoms with E-state index in [2.05, 4.69) is 37.8 Å². The van der Waals surface area contributed by atoms with Gasteiger partial charge in [-0.2, -0.15) is 18.2 Å². The smallest absolute Gasteiger partial charge is 0.393 e. The molecule has 6 rings (SSSR count). The average molecular weight is 590 g/mol. The molecular weight excluding hydrogens is 559 g/mol. The first-order valence-electron chi connectivity index (χ1n) is 13.4. The highest BCUT2D eigenvalue weighted by Gasteiger charge is 2.39. The van der Waals surface area contributed by atoms with Crippen LogP contribution in [-0.2, 0) is 20.0 Å². The standard InChI is InChI=1S/C27H30F3N7O3S/c1-36-13-19(26(34-36)39-3)25(38)31-12-21-33-24(35-40-21)23-18(11-27(28,29)30)17-5-4-6-20(22(17)41-23)32-14-9-15-7-8-16(10-14)37(15)2/h4-6,13-16,32H,7-12H2,1-3H3,(H,31,38)/t14?,15-,16+. The molecule has 2 saturated heterocycles. The van der Waals surface area contributed by atoms with E-state index in [1.165, 1.54) is 42.2 Å². The Balaban J connectivity index is 1.27. The van der Waals surface area contributed by atoms with Crippen LogP contribution in [0.3, 0.4) is 0 Å². The van der Waals surface area contributed by atoms with E-state index in [0.29, 0.717) is 22.3 Å². The van der Waals surface area contributed by atoms with Crippen LogP contribution >= 0.6 is 11.3 Å². The zero-order chi connectivity index (χ0) is 28.9. The van der Waals surface area contributed by atoms with Gasteiger partial charge in [-0.15, -0.1) is 16.4 Å². The number of nitrogens with zero attached hydrogens (tertiary/aromatic N) is 5. The number of hydrogen-bond acceptors (Lipinski definition) is 9. The van der Waals surface area contributed by atoms with Crippen molar-refractivity contribution in [1.82, 2.24) is 30.1 Å². The molecule has 0 aliphatic carbocycles. The fraction of sp³-hybridized carbons (Fsp3) is 0.481. The number of rotatable bonds is 8. The van der Waals surface area contributed by atoms with Gasteiger partial charge in [-0.3, -0.25) is 9.48 Å². The minimum absolute atomic E-state index is 0.0527. The van der Waals surface area contributed by atoms with Gasteiger partial charge >= 0.3 is 6.18 Å². The number of anilines is 1. The summed E-state index contributed by atoms with van der Waals surface area (Å²) in [5.74, 6) is -0.188. The van der Waals surface area contributed by atoms with Gasteiger partial charge in [0.15, 0.2) is 0 Å². The molecule has 41 heavy (non-hydrogen) atoms. The maximum absolute atomic E-state index is 13.7. The normalized spacial score (nSPS) is 21.0. The molecule has 0 saturated carbocycles. The third kappa shape index (κ3) is 5.49. The van der Waals surface area contributed by atoms with Crippen LogP contribution in [0.5, 0.6) is 5.88 Å². The molecule has 3 aromatic heterocycles. The Kier molecular flexibility index (Phi) is 7.14. The van der Waals surface area contributed by atoms with E-state index in [9.17, 15) is 18.0 Å². The second kappa shape index (κ2) is 10.6. The van der Waals surface area contributed by atoms with Crippen molar-refractivity contribution < 1.29 is 27.2 Å². The van der Waals surface area contributed by atoms with Gasteiger partial charge in [-0.1, -0.05) is 17.3 Å². The molecule has 5 heterocycles. The highest BCUT2D eigenvalue weighted by molar-refractivity contribution is 7.23. The first kappa shape index (κ1) is 27.5. The van der Waals surface area contributed by atoms with Crippen LogP contribution in [0.4, 0.5) is 18.9 Å². The molecule has 2 aliphatic heterocycles. The van der Waals surface area contributed by atoms with E-state index in [-0.39, 0.29) is 41.3 Å². The maximum Gasteiger partial charge on any atom is 0.393 e. The lowest BCUT2D eigenvalue weighted by Crippen LogP contribution is -2.44. The Morgan fingerprint density at radius 3 is 2.68 bits per heavy atom. The summed E-state index contributed by atoms with van der Waals surface area (Å²) >= 11 is 1.22. The maximum atomic E-state index is 13.7. The number of fused-ring (bicyclic) bond motifs is 3. The second-order valence-electron chi connectivity index (χ2n) is 10.7. The lowest BCUT2D eigenvalue weighted by molar-refractivity contribution is -0.126. The summed E-state index contributed by atoms with van der Waals surface area (Å²) in [7, 11) is 5.24. The van der Waals surface area contributed by atoms with E-state index < -0.39 is 18.5 Å². The third-order valence-electron chi connectivity index (χ3n) is 7.96. The minimum Gasteiger partial charge on any atom is -0.479 e. The molecule has 2 fully saturated rings. The molecular formula is C27H30F3N7O3S. The Hall–Kier alpha value is -3.65. The molecule has 1 amide bonds. The van der Waals surface area contributed by atoms with Crippen LogP contribution in [0.15, 0.2) is 28.9 Å². The molecule has 2 aliphatic rings. The van der Waals surface area contributed by atoms with Crippen molar-refractivity contribution in [1.29, 1.82) is 0 Å². The van der Waals surface area contributed by atoms with E-state index in [1.807, 2.05) is 6.07 Å². The predicted molar refractivity (Wildman–Crippen MR) is 147 cm³/mol. The number of carbonyl (C=O) groups excluding carboxylic acids is 1. The topological polar surface area (TPSA) is 110 Å². The molecule has 4 aromatic rings. The summed E-state index contributed by atoms with van der Waals surface area (Å²) in [4.78, 5) is 19.7. The monoisotopic (exact) mass is 589 g/mol. The number of halogens is 3. The molecule has 1 aromatic carbocycles. The fourth-order valence-corrected chi connectivity index (χ4v) is 7.26. The van der Waals surface area contributed by atoms with Crippen LogP contribution in [-0.4, -0.2) is 69.2 Å². The number of aromatic nitrogens is 4. The van der Waals surface area contributed by atoms with Crippen molar-refractivity contribution in [3.05, 3.63) is 41.4 Å². The van der Waals surface area contributed by atoms with Gasteiger partial charge in [0.2, 0.25) is 17.6 Å². The lowest BCUT2D eigenvalue weighted by atomic mass is 9.97. The van der Waals surface area contributed by atoms with Crippen molar-refractivity contribution >= 4 is 33.0 Å². The molecule has 2 N–H and O–H groups in total. The predicted octanol–water partition coefficient (Wildman–Crippen LogP) is 4.77. The molecule has 1 unspecified atom stereocenters. The number of carbonyl (C=O) groups is 1. The molecule has 0 spiro atoms. The van der Waals surface area contributed by atoms with Crippen LogP contribution < -0.4 is 15.4 Å². The summed E-state index contributed by atoms with van der Waals surface area (Å²) in [6.07, 6.45) is 0.325. The number of nitrogens with one attached hydrogen (secondary N) is 2. The van der Waals surface area contributed by atoms with Gasteiger partial charge < -0.3 is 24.8 Å². The number of piperidine rings is 1. The number of hydrogen-bond donors (Lipinski definition) is 2. The number of thiophene rings is 1. The highest BCUT2D eigenvalue weighted by Crippen LogP contribution is 2.44. The molecule has 0 radical (unpaired) electrons. The van der Waals surface area contributed by atoms with Gasteiger partial charge in [-0.05, 0) is 49.7 Å². The lowest BCUT2D eigenvalue weighted by Gasteiger charge is -2.37. The zero-order valence-electron chi connectivity index (χ0n) is 22.8. The van der Waals surface area contributed by atoms with Gasteiger partial charge in [0.25, 0.3) is 5.91 Å². The van der Waals surface area contributed by atoms with E-state index in [1.54, 1.807) is 19.2 Å². The molecule has 14 heteroatoms. The molecule has 10 nitrogen and oxygen atoms in total. The van der Waals surface area contributed by atoms with Crippen LogP contribution in [0.1, 0.15) is 47.5 Å². The van der Waals surface area contributed by atoms with E-state index in [4.69, 9.17) is 9.26 Å². The average Bonchev–Trinajstić information content (AvgIpc) is 3.67. The van der Waals surface area contributed by atoms with Gasteiger partial charge in [0.05, 0.1) is 35.3 Å². The van der Waals surface area contributed by atoms with Crippen molar-refractivity contribution in [2.24, 2.45) is 7.05 Å². The van der Waals surface area contributed by atoms with E-state index >= 15 is 0 Å². The SMILES string of the molecule is COc1nn(C)cc1C(=O)NCc1nc(-c2sc3c(NC4C[C@H]5CC[C@@H](C4)N5C)cccc3c2CC(F)(F)F)no1. The first-order valence-corrected chi connectivity index (χ1v) is 14.2. The third-order valence-corrected chi connectivity index (χ3v) is 9.23. The number of aryl methyl sites for hydroxylation is 1. The van der Waals surface area contributed by atoms with Gasteiger partial charge in [0, 0.05) is 31.4 Å². The Labute approximate surface area is 237 Å². The second-order valence-corrected chi connectivity index (χ2v) is 11.7. The number of ether oxygens (including phenoxy) is 1. The molecule has 2 bridgehead atoms. The van der Waals surface area contributed by atoms with Crippen LogP contribution in [0, 0.1) is 0 Å². The van der Waals surface area contributed by atoms with Crippen LogP contribution in [0.2, 0.25) is 0 Å². The largest absolute Gasteiger partial charge is 0.479 e. The summed E-state index contributed by atoms with van der Waals surface area (Å²) in [5, 5.41) is 14.8. The number of alkyl halides is 3. The number of methoxy groups -OCH3 is 1. The zero-order valence-corrected chi connectivity index (χ0v) is 23.6. The first-order chi connectivity index (χ1) is 19.6. The Morgan fingerprint density at radius 1 is 1.22 bits per heavy atom. The van der Waals surface area contributed by atoms with Crippen molar-refractivity contribution in [3.63, 3.8) is 0 Å². The molecule has 3 atom stereocenters. The summed E-state index contributed by atoms with van der Waals surface area (Å²) < 4.78 is 53.8. The summed E-state index contributed by atoms with van der Waals surface area (Å²) in [6.45, 7) is -0.116. The Morgan fingerprint density at radius 2 is 1.98 bits per heavy atom. The summed E-state index contributed by atoms with van der Waals surface area (Å²) in [5.41, 5.74) is 1.16. The summed E-state index contributed by atoms with van der Waals surface area (Å²) in [6, 6.07) is 6.73. The quantitative estimate of drug-likeness (QED) is 0.303. The number of amides is 1. The van der Waals surface area contributed by atoms with E-state index in [0.717, 1.165) is 23.2 Å². The van der Waals surface area contributed by atoms with Gasteiger partial charge in [-0.25, -0.2) is 0 Å². The van der Waals surface area contributed by atoms with Crippen molar-refractivity contribution in [3.8, 4) is 16.6 Å². The molecule has 218 valence electrons. The number of benzene rings is 1. The fourth-order valence-electron chi connectivity index (χ4n) is 6.03. The van der Waals surface area contributed by atoms with Crippen molar-refractivity contribution in [2.75, 3.05) is 19.5 Å². The van der Waals surface area contributed by atoms with Gasteiger partial charge in [0.1, 0.15) is 5.56 Å². The highest BCUT2D eigenvalue weighted by atomic mass is 32.1. The van der Waals surface area contributed by atoms with Crippen molar-refractivity contribution in [2.45, 2.75) is 63.0 Å². The minimum atomic E-state index is -4.43. The van der Waals surface area contributed by atoms with Crippen LogP contribution in [0.25, 0.3) is 20.8 Å². The Bertz CT molecular complexity index is 1570.